The van der Waals surface area contributed by atoms with E-state index in [2.05, 4.69) is 31.5 Å². The second-order valence-electron chi connectivity index (χ2n) is 3.66. The van der Waals surface area contributed by atoms with Crippen LogP contribution in [0.1, 0.15) is 0 Å². The van der Waals surface area contributed by atoms with Crippen molar-refractivity contribution in [2.75, 3.05) is 12.4 Å². The highest BCUT2D eigenvalue weighted by atomic mass is 15.2. The molecule has 0 spiro atoms. The summed E-state index contributed by atoms with van der Waals surface area (Å²) in [4.78, 5) is 7.38. The van der Waals surface area contributed by atoms with Crippen LogP contribution in [0.25, 0.3) is 22.2 Å². The van der Waals surface area contributed by atoms with Gasteiger partial charge in [0.05, 0.1) is 0 Å². The molecule has 0 aliphatic carbocycles. The van der Waals surface area contributed by atoms with E-state index in [1.54, 1.807) is 0 Å². The number of rotatable bonds is 2. The summed E-state index contributed by atoms with van der Waals surface area (Å²) in [6.07, 6.45) is 3.36. The van der Waals surface area contributed by atoms with E-state index in [9.17, 15) is 0 Å². The molecule has 0 saturated heterocycles. The van der Waals surface area contributed by atoms with Crippen LogP contribution in [0.15, 0.2) is 36.8 Å². The molecule has 2 N–H and O–H groups in total. The smallest absolute Gasteiger partial charge is 0.156 e. The van der Waals surface area contributed by atoms with Crippen LogP contribution < -0.4 is 5.32 Å². The lowest BCUT2D eigenvalue weighted by atomic mass is 10.1. The number of hydrogen-bond donors (Lipinski definition) is 2. The van der Waals surface area contributed by atoms with Crippen molar-refractivity contribution in [1.82, 2.24) is 20.2 Å². The van der Waals surface area contributed by atoms with E-state index < -0.39 is 0 Å². The number of benzene rings is 1. The summed E-state index contributed by atoms with van der Waals surface area (Å²) in [6, 6.07) is 8.08. The second kappa shape index (κ2) is 3.86. The van der Waals surface area contributed by atoms with Crippen LogP contribution >= 0.6 is 0 Å². The lowest BCUT2D eigenvalue weighted by Gasteiger charge is -2.03. The maximum absolute atomic E-state index is 4.16. The summed E-state index contributed by atoms with van der Waals surface area (Å²) in [5.41, 5.74) is 2.84. The van der Waals surface area contributed by atoms with Gasteiger partial charge in [0.25, 0.3) is 0 Å². The fourth-order valence-electron chi connectivity index (χ4n) is 1.91. The molecule has 1 aromatic carbocycles. The maximum atomic E-state index is 4.16. The first-order valence-electron chi connectivity index (χ1n) is 5.32. The number of hydrogen-bond acceptors (Lipinski definition) is 4. The Morgan fingerprint density at radius 1 is 1.24 bits per heavy atom. The largest absolute Gasteiger partial charge is 0.371 e. The summed E-state index contributed by atoms with van der Waals surface area (Å²) in [5.74, 6) is 0.727. The summed E-state index contributed by atoms with van der Waals surface area (Å²) < 4.78 is 0. The Hall–Kier alpha value is -2.43. The van der Waals surface area contributed by atoms with Gasteiger partial charge in [-0.3, -0.25) is 0 Å². The Labute approximate surface area is 97.9 Å². The first-order valence-corrected chi connectivity index (χ1v) is 5.32. The van der Waals surface area contributed by atoms with E-state index >= 15 is 0 Å². The van der Waals surface area contributed by atoms with Crippen LogP contribution in [0.3, 0.4) is 0 Å². The Kier molecular flexibility index (Phi) is 2.22. The van der Waals surface area contributed by atoms with Crippen LogP contribution in [0.5, 0.6) is 0 Å². The molecule has 5 nitrogen and oxygen atoms in total. The third-order valence-corrected chi connectivity index (χ3v) is 2.70. The molecule has 0 amide bonds. The van der Waals surface area contributed by atoms with Gasteiger partial charge in [-0.25, -0.2) is 4.98 Å². The molecule has 2 aromatic heterocycles. The van der Waals surface area contributed by atoms with Gasteiger partial charge in [0.2, 0.25) is 0 Å². The van der Waals surface area contributed by atoms with E-state index in [0.29, 0.717) is 0 Å². The zero-order valence-corrected chi connectivity index (χ0v) is 9.31. The second-order valence-corrected chi connectivity index (χ2v) is 3.66. The minimum Gasteiger partial charge on any atom is -0.371 e. The fraction of sp³-hybridized carbons (Fsp3) is 0.0833. The Balaban J connectivity index is 2.27. The number of aromatic nitrogens is 4. The van der Waals surface area contributed by atoms with Crippen LogP contribution in [-0.4, -0.2) is 27.2 Å². The number of anilines is 1. The molecule has 0 bridgehead atoms. The SMILES string of the molecule is CNc1ncnnc1-c1c[nH]c2ccccc12. The van der Waals surface area contributed by atoms with Crippen LogP contribution in [0, 0.1) is 0 Å². The number of nitrogens with one attached hydrogen (secondary N) is 2. The minimum atomic E-state index is 0.727. The molecule has 0 atom stereocenters. The normalized spacial score (nSPS) is 10.6. The van der Waals surface area contributed by atoms with Gasteiger partial charge in [-0.15, -0.1) is 10.2 Å². The third-order valence-electron chi connectivity index (χ3n) is 2.70. The van der Waals surface area contributed by atoms with Crippen molar-refractivity contribution in [3.05, 3.63) is 36.8 Å². The van der Waals surface area contributed by atoms with Gasteiger partial charge in [-0.05, 0) is 6.07 Å². The number of H-pyrrole nitrogens is 1. The summed E-state index contributed by atoms with van der Waals surface area (Å²) in [6.45, 7) is 0. The first kappa shape index (κ1) is 9.77. The van der Waals surface area contributed by atoms with Gasteiger partial charge < -0.3 is 10.3 Å². The molecular weight excluding hydrogens is 214 g/mol. The first-order chi connectivity index (χ1) is 8.40. The Bertz CT molecular complexity index is 659. The highest BCUT2D eigenvalue weighted by Crippen LogP contribution is 2.29. The van der Waals surface area contributed by atoms with E-state index in [-0.39, 0.29) is 0 Å². The average Bonchev–Trinajstić information content (AvgIpc) is 2.82. The number of nitrogens with zero attached hydrogens (tertiary/aromatic N) is 3. The highest BCUT2D eigenvalue weighted by Gasteiger charge is 2.11. The molecule has 5 heteroatoms. The number of fused-ring (bicyclic) bond motifs is 1. The standard InChI is InChI=1S/C12H11N5/c1-13-12-11(17-16-7-15-12)9-6-14-10-5-3-2-4-8(9)10/h2-7,14H,1H3,(H,13,15,16). The molecule has 3 rings (SSSR count). The minimum absolute atomic E-state index is 0.727. The van der Waals surface area contributed by atoms with E-state index in [0.717, 1.165) is 28.0 Å². The molecular formula is C12H11N5. The van der Waals surface area contributed by atoms with Gasteiger partial charge in [0, 0.05) is 29.7 Å². The van der Waals surface area contributed by atoms with Crippen molar-refractivity contribution >= 4 is 16.7 Å². The van der Waals surface area contributed by atoms with E-state index in [1.165, 1.54) is 6.33 Å². The maximum Gasteiger partial charge on any atom is 0.156 e. The molecule has 0 radical (unpaired) electrons. The zero-order chi connectivity index (χ0) is 11.7. The van der Waals surface area contributed by atoms with Gasteiger partial charge in [0.1, 0.15) is 12.0 Å². The molecule has 0 aliphatic rings. The predicted octanol–water partition coefficient (Wildman–Crippen LogP) is 2.06. The number of aromatic amines is 1. The predicted molar refractivity (Wildman–Crippen MR) is 66.7 cm³/mol. The molecule has 84 valence electrons. The topological polar surface area (TPSA) is 66.5 Å². The van der Waals surface area contributed by atoms with Crippen molar-refractivity contribution in [2.45, 2.75) is 0 Å². The van der Waals surface area contributed by atoms with Gasteiger partial charge in [0.15, 0.2) is 5.82 Å². The van der Waals surface area contributed by atoms with Crippen molar-refractivity contribution in [2.24, 2.45) is 0 Å². The zero-order valence-electron chi connectivity index (χ0n) is 9.31. The monoisotopic (exact) mass is 225 g/mol. The van der Waals surface area contributed by atoms with Crippen molar-refractivity contribution in [3.63, 3.8) is 0 Å². The van der Waals surface area contributed by atoms with E-state index in [4.69, 9.17) is 0 Å². The van der Waals surface area contributed by atoms with Crippen molar-refractivity contribution in [1.29, 1.82) is 0 Å². The highest BCUT2D eigenvalue weighted by molar-refractivity contribution is 5.96. The summed E-state index contributed by atoms with van der Waals surface area (Å²) in [7, 11) is 1.82. The van der Waals surface area contributed by atoms with Crippen molar-refractivity contribution < 1.29 is 0 Å². The van der Waals surface area contributed by atoms with E-state index in [1.807, 2.05) is 31.4 Å². The lowest BCUT2D eigenvalue weighted by Crippen LogP contribution is -1.98. The average molecular weight is 225 g/mol. The number of para-hydroxylation sites is 1. The molecule has 0 saturated carbocycles. The van der Waals surface area contributed by atoms with Gasteiger partial charge in [-0.1, -0.05) is 18.2 Å². The van der Waals surface area contributed by atoms with Gasteiger partial charge in [-0.2, -0.15) is 0 Å². The molecule has 0 fully saturated rings. The van der Waals surface area contributed by atoms with Crippen LogP contribution in [0.4, 0.5) is 5.82 Å². The molecule has 2 heterocycles. The van der Waals surface area contributed by atoms with Gasteiger partial charge >= 0.3 is 0 Å². The Morgan fingerprint density at radius 2 is 2.12 bits per heavy atom. The molecule has 3 aromatic rings. The lowest BCUT2D eigenvalue weighted by molar-refractivity contribution is 0.979. The fourth-order valence-corrected chi connectivity index (χ4v) is 1.91. The summed E-state index contributed by atoms with van der Waals surface area (Å²) >= 11 is 0. The molecule has 17 heavy (non-hydrogen) atoms. The van der Waals surface area contributed by atoms with Crippen LogP contribution in [0.2, 0.25) is 0 Å². The Morgan fingerprint density at radius 3 is 3.00 bits per heavy atom. The molecule has 0 aliphatic heterocycles. The van der Waals surface area contributed by atoms with Crippen molar-refractivity contribution in [3.8, 4) is 11.3 Å². The van der Waals surface area contributed by atoms with Crippen LogP contribution in [-0.2, 0) is 0 Å². The molecule has 0 unspecified atom stereocenters. The summed E-state index contributed by atoms with van der Waals surface area (Å²) in [5, 5.41) is 12.1. The quantitative estimate of drug-likeness (QED) is 0.700. The third kappa shape index (κ3) is 1.52.